The van der Waals surface area contributed by atoms with Gasteiger partial charge in [0, 0.05) is 0 Å². The number of allylic oxidation sites excluding steroid dienone is 1. The lowest BCUT2D eigenvalue weighted by Gasteiger charge is -2.47. The fourth-order valence-corrected chi connectivity index (χ4v) is 7.41. The highest BCUT2D eigenvalue weighted by Gasteiger charge is 2.45. The third kappa shape index (κ3) is 4.17. The van der Waals surface area contributed by atoms with Crippen molar-refractivity contribution in [3.63, 3.8) is 0 Å². The van der Waals surface area contributed by atoms with Crippen LogP contribution in [0.5, 0.6) is 0 Å². The van der Waals surface area contributed by atoms with Crippen LogP contribution in [0.15, 0.2) is 12.7 Å². The van der Waals surface area contributed by atoms with E-state index >= 15 is 0 Å². The van der Waals surface area contributed by atoms with Crippen molar-refractivity contribution in [3.8, 4) is 6.07 Å². The van der Waals surface area contributed by atoms with Crippen LogP contribution in [-0.2, 0) is 0 Å². The number of nitrogens with zero attached hydrogens (tertiary/aromatic N) is 1. The summed E-state index contributed by atoms with van der Waals surface area (Å²) >= 11 is 0. The van der Waals surface area contributed by atoms with Gasteiger partial charge in [-0.05, 0) is 118 Å². The Balaban J connectivity index is 1.29. The van der Waals surface area contributed by atoms with Crippen molar-refractivity contribution in [2.45, 2.75) is 89.4 Å². The Kier molecular flexibility index (Phi) is 6.43. The summed E-state index contributed by atoms with van der Waals surface area (Å²) in [7, 11) is 0. The molecule has 0 aliphatic heterocycles. The summed E-state index contributed by atoms with van der Waals surface area (Å²) in [6, 6.07) is 1.86. The van der Waals surface area contributed by atoms with E-state index in [4.69, 9.17) is 5.26 Å². The van der Waals surface area contributed by atoms with E-state index in [0.717, 1.165) is 36.0 Å². The van der Waals surface area contributed by atoms with Gasteiger partial charge in [-0.3, -0.25) is 0 Å². The maximum atomic E-state index is 14.3. The summed E-state index contributed by atoms with van der Waals surface area (Å²) in [5, 5.41) is 9.01. The van der Waals surface area contributed by atoms with Crippen LogP contribution in [0.4, 0.5) is 8.78 Å². The molecule has 0 saturated heterocycles. The van der Waals surface area contributed by atoms with Gasteiger partial charge in [0.2, 0.25) is 0 Å². The van der Waals surface area contributed by atoms with Gasteiger partial charge in [0.1, 0.15) is 18.3 Å². The molecule has 0 N–H and O–H groups in total. The van der Waals surface area contributed by atoms with Gasteiger partial charge in [-0.2, -0.15) is 5.26 Å². The summed E-state index contributed by atoms with van der Waals surface area (Å²) in [5.74, 6) is 3.83. The first-order chi connectivity index (χ1) is 13.6. The minimum atomic E-state index is -1.27. The molecule has 3 heteroatoms. The fraction of sp³-hybridized carbons (Fsp3) is 0.880. The van der Waals surface area contributed by atoms with E-state index in [-0.39, 0.29) is 5.92 Å². The Morgan fingerprint density at radius 1 is 0.643 bits per heavy atom. The zero-order valence-electron chi connectivity index (χ0n) is 17.2. The minimum Gasteiger partial charge on any atom is -0.246 e. The number of halogens is 2. The van der Waals surface area contributed by atoms with Crippen LogP contribution in [0.25, 0.3) is 0 Å². The van der Waals surface area contributed by atoms with Gasteiger partial charge in [0.15, 0.2) is 0 Å². The standard InChI is InChI=1S/C25H37F2N/c1-2-16-3-5-17(6-4-16)18-7-8-20-12-21(10-9-19(20)11-18)22-13-24(26)23(15-28)25(27)14-22/h2,16-25H,1,3-14H2. The molecule has 4 fully saturated rings. The van der Waals surface area contributed by atoms with Crippen molar-refractivity contribution in [2.24, 2.45) is 47.3 Å². The molecule has 1 nitrogen and oxygen atoms in total. The normalized spacial score (nSPS) is 49.6. The molecule has 6 unspecified atom stereocenters. The Morgan fingerprint density at radius 3 is 1.54 bits per heavy atom. The molecule has 156 valence electrons. The molecular formula is C25H37F2N. The second kappa shape index (κ2) is 8.85. The predicted molar refractivity (Wildman–Crippen MR) is 109 cm³/mol. The molecule has 28 heavy (non-hydrogen) atoms. The molecule has 4 saturated carbocycles. The molecule has 0 aromatic carbocycles. The molecular weight excluding hydrogens is 352 g/mol. The van der Waals surface area contributed by atoms with Gasteiger partial charge >= 0.3 is 0 Å². The molecule has 0 aromatic heterocycles. The van der Waals surface area contributed by atoms with Crippen LogP contribution in [0, 0.1) is 58.7 Å². The first kappa shape index (κ1) is 20.4. The Morgan fingerprint density at radius 2 is 1.07 bits per heavy atom. The first-order valence-electron chi connectivity index (χ1n) is 11.9. The Hall–Kier alpha value is -0.910. The molecule has 6 atom stereocenters. The molecule has 0 spiro atoms. The second-order valence-corrected chi connectivity index (χ2v) is 10.5. The van der Waals surface area contributed by atoms with E-state index in [1.807, 2.05) is 6.07 Å². The van der Waals surface area contributed by atoms with Crippen molar-refractivity contribution < 1.29 is 8.78 Å². The first-order valence-corrected chi connectivity index (χ1v) is 11.9. The third-order valence-corrected chi connectivity index (χ3v) is 9.16. The van der Waals surface area contributed by atoms with Crippen molar-refractivity contribution in [1.82, 2.24) is 0 Å². The van der Waals surface area contributed by atoms with E-state index in [9.17, 15) is 8.78 Å². The maximum absolute atomic E-state index is 14.3. The van der Waals surface area contributed by atoms with E-state index in [0.29, 0.717) is 18.8 Å². The summed E-state index contributed by atoms with van der Waals surface area (Å²) < 4.78 is 28.6. The van der Waals surface area contributed by atoms with Gasteiger partial charge < -0.3 is 0 Å². The SMILES string of the molecule is C=CC1CCC(C2CCC3CC(C4CC(F)C(C#N)C(F)C4)CCC3C2)CC1. The molecule has 0 radical (unpaired) electrons. The third-order valence-electron chi connectivity index (χ3n) is 9.16. The summed E-state index contributed by atoms with van der Waals surface area (Å²) in [5.41, 5.74) is 0. The summed E-state index contributed by atoms with van der Waals surface area (Å²) in [4.78, 5) is 0. The van der Waals surface area contributed by atoms with Gasteiger partial charge in [-0.25, -0.2) is 8.78 Å². The zero-order valence-corrected chi connectivity index (χ0v) is 17.2. The van der Waals surface area contributed by atoms with Crippen LogP contribution >= 0.6 is 0 Å². The molecule has 0 amide bonds. The lowest BCUT2D eigenvalue weighted by Crippen LogP contribution is -2.41. The van der Waals surface area contributed by atoms with Crippen molar-refractivity contribution in [3.05, 3.63) is 12.7 Å². The van der Waals surface area contributed by atoms with E-state index < -0.39 is 18.3 Å². The number of alkyl halides is 2. The molecule has 4 aliphatic rings. The van der Waals surface area contributed by atoms with Gasteiger partial charge in [0.05, 0.1) is 6.07 Å². The average Bonchev–Trinajstić information content (AvgIpc) is 2.73. The fourth-order valence-electron chi connectivity index (χ4n) is 7.41. The van der Waals surface area contributed by atoms with E-state index in [2.05, 4.69) is 12.7 Å². The highest BCUT2D eigenvalue weighted by Crippen LogP contribution is 2.52. The number of nitriles is 1. The second-order valence-electron chi connectivity index (χ2n) is 10.5. The summed E-state index contributed by atoms with van der Waals surface area (Å²) in [6.07, 6.45) is 13.6. The number of fused-ring (bicyclic) bond motifs is 1. The van der Waals surface area contributed by atoms with Crippen LogP contribution in [0.1, 0.15) is 77.0 Å². The van der Waals surface area contributed by atoms with E-state index in [1.54, 1.807) is 0 Å². The lowest BCUT2D eigenvalue weighted by atomic mass is 9.58. The van der Waals surface area contributed by atoms with Crippen molar-refractivity contribution in [2.75, 3.05) is 0 Å². The van der Waals surface area contributed by atoms with Gasteiger partial charge in [0.25, 0.3) is 0 Å². The minimum absolute atomic E-state index is 0.155. The quantitative estimate of drug-likeness (QED) is 0.475. The highest BCUT2D eigenvalue weighted by atomic mass is 19.1. The molecule has 0 aromatic rings. The van der Waals surface area contributed by atoms with Crippen molar-refractivity contribution >= 4 is 0 Å². The predicted octanol–water partition coefficient (Wildman–Crippen LogP) is 7.04. The van der Waals surface area contributed by atoms with Crippen LogP contribution in [-0.4, -0.2) is 12.3 Å². The van der Waals surface area contributed by atoms with E-state index in [1.165, 1.54) is 57.8 Å². The molecule has 0 bridgehead atoms. The zero-order chi connectivity index (χ0) is 19.7. The highest BCUT2D eigenvalue weighted by molar-refractivity contribution is 5.01. The molecule has 4 rings (SSSR count). The maximum Gasteiger partial charge on any atom is 0.119 e. The molecule has 0 heterocycles. The Bertz CT molecular complexity index is 564. The lowest BCUT2D eigenvalue weighted by molar-refractivity contribution is 0.00686. The van der Waals surface area contributed by atoms with Gasteiger partial charge in [-0.15, -0.1) is 6.58 Å². The monoisotopic (exact) mass is 389 g/mol. The number of hydrogen-bond donors (Lipinski definition) is 0. The topological polar surface area (TPSA) is 23.8 Å². The smallest absolute Gasteiger partial charge is 0.119 e. The van der Waals surface area contributed by atoms with Crippen molar-refractivity contribution in [1.29, 1.82) is 5.26 Å². The summed E-state index contributed by atoms with van der Waals surface area (Å²) in [6.45, 7) is 3.98. The molecule has 4 aliphatic carbocycles. The number of rotatable bonds is 3. The average molecular weight is 390 g/mol. The van der Waals surface area contributed by atoms with Crippen LogP contribution in [0.2, 0.25) is 0 Å². The Labute approximate surface area is 170 Å². The van der Waals surface area contributed by atoms with Gasteiger partial charge in [-0.1, -0.05) is 6.08 Å². The number of hydrogen-bond acceptors (Lipinski definition) is 1. The van der Waals surface area contributed by atoms with Crippen LogP contribution < -0.4 is 0 Å². The largest absolute Gasteiger partial charge is 0.246 e. The van der Waals surface area contributed by atoms with Crippen LogP contribution in [0.3, 0.4) is 0 Å².